The topological polar surface area (TPSA) is 96.0 Å². The Morgan fingerprint density at radius 1 is 1.00 bits per heavy atom. The standard InChI is InChI=1S/C25H24ClN3O5/c1-2-14-34-25(33)16-8-10-19(11-9-16)29-23(31)20(26)21(24(29)32)27-18-7-5-6-17(15-18)22(30)28-12-3-4-13-28/h5-11,15,27H,2-4,12-14H2,1H3. The average molecular weight is 482 g/mol. The third kappa shape index (κ3) is 4.68. The van der Waals surface area contributed by atoms with Crippen LogP contribution in [0.15, 0.2) is 59.3 Å². The highest BCUT2D eigenvalue weighted by Gasteiger charge is 2.39. The van der Waals surface area contributed by atoms with Gasteiger partial charge < -0.3 is 15.0 Å². The van der Waals surface area contributed by atoms with E-state index in [2.05, 4.69) is 5.32 Å². The summed E-state index contributed by atoms with van der Waals surface area (Å²) in [5, 5.41) is 2.64. The van der Waals surface area contributed by atoms with Crippen molar-refractivity contribution in [2.45, 2.75) is 26.2 Å². The van der Waals surface area contributed by atoms with Crippen LogP contribution in [0.5, 0.6) is 0 Å². The smallest absolute Gasteiger partial charge is 0.338 e. The van der Waals surface area contributed by atoms with E-state index in [4.69, 9.17) is 16.3 Å². The van der Waals surface area contributed by atoms with Crippen LogP contribution in [0.25, 0.3) is 0 Å². The monoisotopic (exact) mass is 481 g/mol. The van der Waals surface area contributed by atoms with E-state index < -0.39 is 17.8 Å². The number of hydrogen-bond donors (Lipinski definition) is 1. The van der Waals surface area contributed by atoms with Crippen LogP contribution in [0.4, 0.5) is 11.4 Å². The van der Waals surface area contributed by atoms with Crippen molar-refractivity contribution in [3.63, 3.8) is 0 Å². The largest absolute Gasteiger partial charge is 0.462 e. The van der Waals surface area contributed by atoms with E-state index in [1.807, 2.05) is 6.92 Å². The third-order valence-corrected chi connectivity index (χ3v) is 5.95. The summed E-state index contributed by atoms with van der Waals surface area (Å²) >= 11 is 6.22. The number of imide groups is 1. The predicted octanol–water partition coefficient (Wildman–Crippen LogP) is 3.93. The first-order chi connectivity index (χ1) is 16.4. The number of ether oxygens (including phenoxy) is 1. The number of anilines is 2. The van der Waals surface area contributed by atoms with Crippen molar-refractivity contribution < 1.29 is 23.9 Å². The molecule has 0 unspecified atom stereocenters. The molecule has 1 N–H and O–H groups in total. The zero-order valence-electron chi connectivity index (χ0n) is 18.7. The van der Waals surface area contributed by atoms with Gasteiger partial charge in [0, 0.05) is 24.3 Å². The lowest BCUT2D eigenvalue weighted by Crippen LogP contribution is -2.32. The molecule has 2 heterocycles. The molecule has 2 aliphatic rings. The number of benzene rings is 2. The van der Waals surface area contributed by atoms with E-state index >= 15 is 0 Å². The fraction of sp³-hybridized carbons (Fsp3) is 0.280. The van der Waals surface area contributed by atoms with Gasteiger partial charge in [0.15, 0.2) is 0 Å². The highest BCUT2D eigenvalue weighted by Crippen LogP contribution is 2.30. The fourth-order valence-corrected chi connectivity index (χ4v) is 4.06. The first-order valence-electron chi connectivity index (χ1n) is 11.1. The molecule has 1 saturated heterocycles. The number of likely N-dealkylation sites (tertiary alicyclic amines) is 1. The van der Waals surface area contributed by atoms with Crippen molar-refractivity contribution in [2.75, 3.05) is 29.9 Å². The Morgan fingerprint density at radius 2 is 1.71 bits per heavy atom. The number of carbonyl (C=O) groups is 4. The first kappa shape index (κ1) is 23.5. The normalized spacial score (nSPS) is 15.8. The maximum absolute atomic E-state index is 13.1. The Morgan fingerprint density at radius 3 is 2.38 bits per heavy atom. The number of amides is 3. The van der Waals surface area contributed by atoms with Gasteiger partial charge in [0.2, 0.25) is 0 Å². The summed E-state index contributed by atoms with van der Waals surface area (Å²) in [5.74, 6) is -1.86. The van der Waals surface area contributed by atoms with Gasteiger partial charge in [-0.25, -0.2) is 9.69 Å². The molecular weight excluding hydrogens is 458 g/mol. The van der Waals surface area contributed by atoms with Crippen molar-refractivity contribution in [1.82, 2.24) is 4.90 Å². The van der Waals surface area contributed by atoms with E-state index in [0.717, 1.165) is 30.8 Å². The zero-order valence-corrected chi connectivity index (χ0v) is 19.4. The van der Waals surface area contributed by atoms with Gasteiger partial charge in [0.25, 0.3) is 17.7 Å². The summed E-state index contributed by atoms with van der Waals surface area (Å²) in [6, 6.07) is 12.7. The van der Waals surface area contributed by atoms with E-state index in [1.165, 1.54) is 24.3 Å². The molecule has 2 aromatic rings. The molecule has 0 radical (unpaired) electrons. The highest BCUT2D eigenvalue weighted by molar-refractivity contribution is 6.53. The molecule has 2 aliphatic heterocycles. The molecule has 34 heavy (non-hydrogen) atoms. The molecule has 3 amide bonds. The van der Waals surface area contributed by atoms with Crippen LogP contribution in [0.2, 0.25) is 0 Å². The Bertz CT molecular complexity index is 1170. The minimum Gasteiger partial charge on any atom is -0.462 e. The van der Waals surface area contributed by atoms with Gasteiger partial charge in [0.05, 0.1) is 17.9 Å². The van der Waals surface area contributed by atoms with Crippen molar-refractivity contribution in [1.29, 1.82) is 0 Å². The lowest BCUT2D eigenvalue weighted by molar-refractivity contribution is -0.120. The van der Waals surface area contributed by atoms with Gasteiger partial charge in [-0.05, 0) is 61.7 Å². The van der Waals surface area contributed by atoms with Gasteiger partial charge in [-0.1, -0.05) is 24.6 Å². The van der Waals surface area contributed by atoms with Crippen molar-refractivity contribution >= 4 is 46.7 Å². The van der Waals surface area contributed by atoms with Crippen molar-refractivity contribution in [3.8, 4) is 0 Å². The number of esters is 1. The van der Waals surface area contributed by atoms with Gasteiger partial charge in [-0.15, -0.1) is 0 Å². The average Bonchev–Trinajstić information content (AvgIpc) is 3.46. The molecule has 1 fully saturated rings. The molecular formula is C25H24ClN3O5. The SMILES string of the molecule is CCCOC(=O)c1ccc(N2C(=O)C(Cl)=C(Nc3cccc(C(=O)N4CCCC4)c3)C2=O)cc1. The minimum atomic E-state index is -0.681. The summed E-state index contributed by atoms with van der Waals surface area (Å²) < 4.78 is 5.09. The lowest BCUT2D eigenvalue weighted by atomic mass is 10.1. The van der Waals surface area contributed by atoms with Crippen LogP contribution in [0.1, 0.15) is 46.9 Å². The number of carbonyl (C=O) groups excluding carboxylic acids is 4. The molecule has 2 aromatic carbocycles. The predicted molar refractivity (Wildman–Crippen MR) is 128 cm³/mol. The van der Waals surface area contributed by atoms with E-state index in [9.17, 15) is 19.2 Å². The highest BCUT2D eigenvalue weighted by atomic mass is 35.5. The van der Waals surface area contributed by atoms with Gasteiger partial charge in [-0.2, -0.15) is 0 Å². The van der Waals surface area contributed by atoms with Crippen LogP contribution in [-0.2, 0) is 14.3 Å². The molecule has 9 heteroatoms. The third-order valence-electron chi connectivity index (χ3n) is 5.60. The second-order valence-electron chi connectivity index (χ2n) is 8.02. The van der Waals surface area contributed by atoms with Crippen LogP contribution in [-0.4, -0.2) is 48.3 Å². The molecule has 0 atom stereocenters. The van der Waals surface area contributed by atoms with E-state index in [-0.39, 0.29) is 22.3 Å². The van der Waals surface area contributed by atoms with Crippen LogP contribution in [0.3, 0.4) is 0 Å². The summed E-state index contributed by atoms with van der Waals surface area (Å²) in [7, 11) is 0. The second-order valence-corrected chi connectivity index (χ2v) is 8.40. The molecule has 0 spiro atoms. The molecule has 176 valence electrons. The molecule has 0 aliphatic carbocycles. The molecule has 8 nitrogen and oxygen atoms in total. The maximum Gasteiger partial charge on any atom is 0.338 e. The Kier molecular flexibility index (Phi) is 6.98. The molecule has 0 saturated carbocycles. The lowest BCUT2D eigenvalue weighted by Gasteiger charge is -2.17. The minimum absolute atomic E-state index is 0.0748. The Labute approximate surface area is 202 Å². The number of nitrogens with zero attached hydrogens (tertiary/aromatic N) is 2. The van der Waals surface area contributed by atoms with Crippen LogP contribution < -0.4 is 10.2 Å². The number of halogens is 1. The van der Waals surface area contributed by atoms with Gasteiger partial charge in [0.1, 0.15) is 10.7 Å². The first-order valence-corrected chi connectivity index (χ1v) is 11.5. The summed E-state index contributed by atoms with van der Waals surface area (Å²) in [6.45, 7) is 3.66. The van der Waals surface area contributed by atoms with Crippen molar-refractivity contribution in [2.24, 2.45) is 0 Å². The van der Waals surface area contributed by atoms with Crippen LogP contribution >= 0.6 is 11.6 Å². The van der Waals surface area contributed by atoms with Crippen molar-refractivity contribution in [3.05, 3.63) is 70.4 Å². The fourth-order valence-electron chi connectivity index (χ4n) is 3.85. The summed E-state index contributed by atoms with van der Waals surface area (Å²) in [5.41, 5.74) is 1.46. The van der Waals surface area contributed by atoms with E-state index in [0.29, 0.717) is 29.8 Å². The number of rotatable bonds is 7. The molecule has 0 bridgehead atoms. The molecule has 4 rings (SSSR count). The number of hydrogen-bond acceptors (Lipinski definition) is 6. The Balaban J connectivity index is 1.50. The maximum atomic E-state index is 13.1. The number of nitrogens with one attached hydrogen (secondary N) is 1. The van der Waals surface area contributed by atoms with Gasteiger partial charge >= 0.3 is 5.97 Å². The zero-order chi connectivity index (χ0) is 24.2. The quantitative estimate of drug-likeness (QED) is 0.475. The molecule has 0 aromatic heterocycles. The summed E-state index contributed by atoms with van der Waals surface area (Å²) in [6.07, 6.45) is 2.68. The van der Waals surface area contributed by atoms with Crippen LogP contribution in [0, 0.1) is 0 Å². The summed E-state index contributed by atoms with van der Waals surface area (Å²) in [4.78, 5) is 53.2. The Hall–Kier alpha value is -3.65. The van der Waals surface area contributed by atoms with E-state index in [1.54, 1.807) is 29.2 Å². The van der Waals surface area contributed by atoms with Gasteiger partial charge in [-0.3, -0.25) is 14.4 Å². The second kappa shape index (κ2) is 10.1.